The predicted molar refractivity (Wildman–Crippen MR) is 141 cm³/mol. The van der Waals surface area contributed by atoms with Crippen LogP contribution >= 0.6 is 0 Å². The zero-order chi connectivity index (χ0) is 30.3. The van der Waals surface area contributed by atoms with E-state index >= 15 is 0 Å². The number of nitrogens with one attached hydrogen (secondary N) is 2. The average molecular weight is 595 g/mol. The summed E-state index contributed by atoms with van der Waals surface area (Å²) in [5, 5.41) is 48.2. The van der Waals surface area contributed by atoms with Gasteiger partial charge in [0.05, 0.1) is 25.9 Å². The molecule has 6 heterocycles. The highest BCUT2D eigenvalue weighted by atomic mass is 16.6. The van der Waals surface area contributed by atoms with E-state index in [2.05, 4.69) is 29.9 Å². The van der Waals surface area contributed by atoms with Crippen molar-refractivity contribution in [3.05, 3.63) is 33.4 Å². The van der Waals surface area contributed by atoms with Gasteiger partial charge in [0.2, 0.25) is 11.9 Å². The van der Waals surface area contributed by atoms with Crippen LogP contribution in [0, 0.1) is 0 Å². The predicted octanol–water partition coefficient (Wildman–Crippen LogP) is -4.33. The molecule has 4 aromatic heterocycles. The first-order valence-corrected chi connectivity index (χ1v) is 12.7. The molecule has 0 aliphatic carbocycles. The van der Waals surface area contributed by atoms with E-state index < -0.39 is 66.8 Å². The summed E-state index contributed by atoms with van der Waals surface area (Å²) in [6, 6.07) is 0. The molecule has 228 valence electrons. The number of nitrogens with two attached hydrogens (primary N) is 2. The summed E-state index contributed by atoms with van der Waals surface area (Å²) in [5.41, 5.74) is 10.5. The second kappa shape index (κ2) is 11.7. The molecule has 20 heteroatoms. The van der Waals surface area contributed by atoms with E-state index in [-0.39, 0.29) is 40.8 Å². The van der Waals surface area contributed by atoms with Crippen LogP contribution in [0.15, 0.2) is 22.2 Å². The molecule has 0 saturated carbocycles. The van der Waals surface area contributed by atoms with Gasteiger partial charge in [0.25, 0.3) is 11.1 Å². The number of imidazole rings is 2. The van der Waals surface area contributed by atoms with E-state index in [1.54, 1.807) is 6.92 Å². The lowest BCUT2D eigenvalue weighted by Crippen LogP contribution is -2.35. The highest BCUT2D eigenvalue weighted by Gasteiger charge is 2.46. The Bertz CT molecular complexity index is 1670. The second-order valence-corrected chi connectivity index (χ2v) is 9.44. The van der Waals surface area contributed by atoms with Crippen LogP contribution < -0.4 is 22.6 Å². The van der Waals surface area contributed by atoms with Crippen molar-refractivity contribution in [3.63, 3.8) is 0 Å². The standard InChI is InChI=1S/C12H17N5O5.C10H13N5O5/c1-2-21-8-7(19)5(3-18)22-11(8)17-4-14-6-9(17)15-12(13)16-10(6)20;11-10-13-7-4(8(19)14-10)12-2-15(7)9-6(18)5(17)3(1-16)20-9/h4-5,7-8,11,18-19H,2-3H2,1H3,(H3,13,15,16,20);2-3,5-6,9,16-18H,1H2,(H3,11,13,14,19)/t5-,7?,8+,11-;3-,5?,6+,9-/m11/s1. The molecule has 42 heavy (non-hydrogen) atoms. The molecule has 8 atom stereocenters. The molecule has 2 aliphatic heterocycles. The van der Waals surface area contributed by atoms with Crippen molar-refractivity contribution in [2.24, 2.45) is 0 Å². The van der Waals surface area contributed by atoms with Crippen LogP contribution in [0.25, 0.3) is 22.3 Å². The Morgan fingerprint density at radius 1 is 0.833 bits per heavy atom. The van der Waals surface area contributed by atoms with E-state index in [4.69, 9.17) is 30.8 Å². The van der Waals surface area contributed by atoms with Gasteiger partial charge in [0.1, 0.15) is 36.6 Å². The number of aliphatic hydroxyl groups is 5. The third-order valence-corrected chi connectivity index (χ3v) is 6.82. The number of hydrogen-bond acceptors (Lipinski definition) is 16. The Kier molecular flexibility index (Phi) is 8.21. The monoisotopic (exact) mass is 594 g/mol. The maximum atomic E-state index is 11.8. The lowest BCUT2D eigenvalue weighted by molar-refractivity contribution is -0.0676. The Morgan fingerprint density at radius 2 is 1.31 bits per heavy atom. The molecule has 11 N–H and O–H groups in total. The summed E-state index contributed by atoms with van der Waals surface area (Å²) >= 11 is 0. The fourth-order valence-corrected chi connectivity index (χ4v) is 4.83. The van der Waals surface area contributed by atoms with Crippen LogP contribution in [-0.4, -0.2) is 121 Å². The number of aromatic amines is 2. The first-order valence-electron chi connectivity index (χ1n) is 12.7. The maximum absolute atomic E-state index is 11.8. The molecule has 2 aliphatic rings. The molecule has 0 radical (unpaired) electrons. The van der Waals surface area contributed by atoms with E-state index in [0.717, 1.165) is 0 Å². The van der Waals surface area contributed by atoms with Gasteiger partial charge in [0.15, 0.2) is 34.8 Å². The number of fused-ring (bicyclic) bond motifs is 2. The fraction of sp³-hybridized carbons (Fsp3) is 0.545. The summed E-state index contributed by atoms with van der Waals surface area (Å²) in [7, 11) is 0. The van der Waals surface area contributed by atoms with Crippen molar-refractivity contribution >= 4 is 34.2 Å². The number of anilines is 2. The summed E-state index contributed by atoms with van der Waals surface area (Å²) in [5.74, 6) is -0.152. The molecule has 0 amide bonds. The molecule has 4 aromatic rings. The van der Waals surface area contributed by atoms with Crippen LogP contribution in [0.4, 0.5) is 11.9 Å². The lowest BCUT2D eigenvalue weighted by Gasteiger charge is -2.21. The number of rotatable bonds is 6. The van der Waals surface area contributed by atoms with E-state index in [9.17, 15) is 30.0 Å². The minimum absolute atomic E-state index is 0.0388. The van der Waals surface area contributed by atoms with Crippen molar-refractivity contribution in [3.8, 4) is 0 Å². The Hall–Kier alpha value is -4.02. The highest BCUT2D eigenvalue weighted by Crippen LogP contribution is 2.33. The van der Waals surface area contributed by atoms with Gasteiger partial charge >= 0.3 is 0 Å². The molecule has 0 spiro atoms. The third kappa shape index (κ3) is 5.09. The zero-order valence-electron chi connectivity index (χ0n) is 22.0. The molecule has 6 rings (SSSR count). The van der Waals surface area contributed by atoms with Crippen LogP contribution in [-0.2, 0) is 14.2 Å². The third-order valence-electron chi connectivity index (χ3n) is 6.82. The summed E-state index contributed by atoms with van der Waals surface area (Å²) in [6.45, 7) is 1.33. The minimum atomic E-state index is -1.29. The van der Waals surface area contributed by atoms with Gasteiger partial charge in [0, 0.05) is 6.61 Å². The topological polar surface area (TPSA) is 308 Å². The number of nitrogens with zero attached hydrogens (tertiary/aromatic N) is 6. The molecule has 2 fully saturated rings. The van der Waals surface area contributed by atoms with Crippen LogP contribution in [0.2, 0.25) is 0 Å². The smallest absolute Gasteiger partial charge is 0.280 e. The SMILES string of the molecule is CCO[C@H]1C(O)[C@@H](CO)O[C@H]1n1cnc2c(=O)[nH]c(N)nc21.Nc1nc2c(ncn2[C@@H]2O[C@H](CO)C(O)[C@@H]2O)c(=O)[nH]1. The highest BCUT2D eigenvalue weighted by molar-refractivity contribution is 5.71. The fourth-order valence-electron chi connectivity index (χ4n) is 4.83. The quantitative estimate of drug-likeness (QED) is 0.102. The van der Waals surface area contributed by atoms with E-state index in [1.165, 1.54) is 21.8 Å². The van der Waals surface area contributed by atoms with Gasteiger partial charge in [-0.2, -0.15) is 9.97 Å². The van der Waals surface area contributed by atoms with Gasteiger partial charge in [-0.05, 0) is 6.92 Å². The van der Waals surface area contributed by atoms with Gasteiger partial charge in [-0.25, -0.2) is 9.97 Å². The van der Waals surface area contributed by atoms with E-state index in [1.807, 2.05) is 0 Å². The van der Waals surface area contributed by atoms with E-state index in [0.29, 0.717) is 6.61 Å². The number of nitrogen functional groups attached to an aromatic ring is 2. The van der Waals surface area contributed by atoms with Crippen molar-refractivity contribution in [1.82, 2.24) is 39.0 Å². The Balaban J connectivity index is 0.000000169. The first-order chi connectivity index (χ1) is 20.1. The zero-order valence-corrected chi connectivity index (χ0v) is 22.0. The van der Waals surface area contributed by atoms with Crippen LogP contribution in [0.1, 0.15) is 19.4 Å². The van der Waals surface area contributed by atoms with Crippen LogP contribution in [0.3, 0.4) is 0 Å². The van der Waals surface area contributed by atoms with Crippen molar-refractivity contribution in [2.45, 2.75) is 56.0 Å². The number of aromatic nitrogens is 8. The normalized spacial score (nSPS) is 29.3. The molecule has 2 saturated heterocycles. The van der Waals surface area contributed by atoms with Crippen molar-refractivity contribution < 1.29 is 39.7 Å². The molecular formula is C22H30N10O10. The number of hydrogen-bond donors (Lipinski definition) is 9. The molecule has 0 aromatic carbocycles. The van der Waals surface area contributed by atoms with Gasteiger partial charge in [-0.15, -0.1) is 0 Å². The summed E-state index contributed by atoms with van der Waals surface area (Å²) < 4.78 is 19.3. The van der Waals surface area contributed by atoms with Gasteiger partial charge in [-0.3, -0.25) is 28.7 Å². The number of aliphatic hydroxyl groups excluding tert-OH is 5. The first kappa shape index (κ1) is 29.5. The lowest BCUT2D eigenvalue weighted by atomic mass is 10.1. The number of ether oxygens (including phenoxy) is 3. The number of H-pyrrole nitrogens is 2. The largest absolute Gasteiger partial charge is 0.394 e. The Morgan fingerprint density at radius 3 is 1.79 bits per heavy atom. The van der Waals surface area contributed by atoms with Gasteiger partial charge in [-0.1, -0.05) is 0 Å². The molecule has 2 unspecified atom stereocenters. The average Bonchev–Trinajstić information content (AvgIpc) is 3.70. The van der Waals surface area contributed by atoms with Gasteiger partial charge < -0.3 is 51.2 Å². The summed E-state index contributed by atoms with van der Waals surface area (Å²) in [4.78, 5) is 44.0. The summed E-state index contributed by atoms with van der Waals surface area (Å²) in [6.07, 6.45) is -5.14. The van der Waals surface area contributed by atoms with Crippen molar-refractivity contribution in [1.29, 1.82) is 0 Å². The Labute approximate surface area is 234 Å². The molecule has 0 bridgehead atoms. The van der Waals surface area contributed by atoms with Crippen LogP contribution in [0.5, 0.6) is 0 Å². The second-order valence-electron chi connectivity index (χ2n) is 9.44. The maximum Gasteiger partial charge on any atom is 0.280 e. The molecule has 20 nitrogen and oxygen atoms in total. The minimum Gasteiger partial charge on any atom is -0.394 e. The van der Waals surface area contributed by atoms with Crippen molar-refractivity contribution in [2.75, 3.05) is 31.3 Å². The molecular weight excluding hydrogens is 564 g/mol.